The van der Waals surface area contributed by atoms with Crippen LogP contribution in [0.15, 0.2) is 71.5 Å². The standard InChI is InChI=1S/C36H45N5O4/c1-6-17-38(5)23-28-13-16-33(45-26(2)3)32(22-28)41-34(37-31-10-8-7-9-30(31)36(41)43)24-39-18-20-40(21-19-39)35(42)25-44-29-14-11-27(4)12-15-29/h7-16,22,26H,6,17-21,23-25H2,1-5H3. The summed E-state index contributed by atoms with van der Waals surface area (Å²) in [5, 5.41) is 0.564. The van der Waals surface area contributed by atoms with Crippen LogP contribution in [0.25, 0.3) is 16.6 Å². The zero-order valence-electron chi connectivity index (χ0n) is 27.2. The van der Waals surface area contributed by atoms with Crippen LogP contribution in [0.5, 0.6) is 11.5 Å². The van der Waals surface area contributed by atoms with Crippen molar-refractivity contribution < 1.29 is 14.3 Å². The molecule has 0 spiro atoms. The lowest BCUT2D eigenvalue weighted by Gasteiger charge is -2.34. The molecule has 5 rings (SSSR count). The Bertz CT molecular complexity index is 1660. The number of piperazine rings is 1. The third-order valence-electron chi connectivity index (χ3n) is 8.00. The molecular formula is C36H45N5O4. The minimum absolute atomic E-state index is 0.0112. The number of rotatable bonds is 12. The number of carbonyl (C=O) groups excluding carboxylic acids is 1. The first-order chi connectivity index (χ1) is 21.7. The summed E-state index contributed by atoms with van der Waals surface area (Å²) < 4.78 is 13.7. The summed E-state index contributed by atoms with van der Waals surface area (Å²) >= 11 is 0. The summed E-state index contributed by atoms with van der Waals surface area (Å²) in [6, 6.07) is 21.3. The molecule has 1 fully saturated rings. The monoisotopic (exact) mass is 611 g/mol. The molecular weight excluding hydrogens is 566 g/mol. The number of amides is 1. The Morgan fingerprint density at radius 1 is 1.00 bits per heavy atom. The number of carbonyl (C=O) groups is 1. The largest absolute Gasteiger partial charge is 0.489 e. The van der Waals surface area contributed by atoms with E-state index in [-0.39, 0.29) is 24.2 Å². The molecule has 3 aromatic carbocycles. The van der Waals surface area contributed by atoms with Gasteiger partial charge in [0.1, 0.15) is 17.3 Å². The predicted octanol–water partition coefficient (Wildman–Crippen LogP) is 5.05. The van der Waals surface area contributed by atoms with Crippen molar-refractivity contribution in [3.8, 4) is 17.2 Å². The second-order valence-electron chi connectivity index (χ2n) is 12.2. The average molecular weight is 612 g/mol. The highest BCUT2D eigenvalue weighted by Crippen LogP contribution is 2.27. The highest BCUT2D eigenvalue weighted by atomic mass is 16.5. The van der Waals surface area contributed by atoms with Crippen molar-refractivity contribution in [1.82, 2.24) is 24.3 Å². The van der Waals surface area contributed by atoms with Crippen LogP contribution in [-0.4, -0.2) is 82.6 Å². The van der Waals surface area contributed by atoms with Gasteiger partial charge in [0, 0.05) is 32.7 Å². The molecule has 9 nitrogen and oxygen atoms in total. The smallest absolute Gasteiger partial charge is 0.266 e. The molecule has 0 saturated carbocycles. The summed E-state index contributed by atoms with van der Waals surface area (Å²) in [7, 11) is 2.11. The summed E-state index contributed by atoms with van der Waals surface area (Å²) in [4.78, 5) is 38.5. The van der Waals surface area contributed by atoms with E-state index in [0.717, 1.165) is 30.6 Å². The highest BCUT2D eigenvalue weighted by molar-refractivity contribution is 5.78. The quantitative estimate of drug-likeness (QED) is 0.222. The van der Waals surface area contributed by atoms with Gasteiger partial charge < -0.3 is 19.3 Å². The van der Waals surface area contributed by atoms with Gasteiger partial charge in [0.2, 0.25) is 0 Å². The third-order valence-corrected chi connectivity index (χ3v) is 8.00. The number of nitrogens with zero attached hydrogens (tertiary/aromatic N) is 5. The van der Waals surface area contributed by atoms with Crippen molar-refractivity contribution in [2.75, 3.05) is 46.4 Å². The van der Waals surface area contributed by atoms with Gasteiger partial charge in [-0.2, -0.15) is 0 Å². The average Bonchev–Trinajstić information content (AvgIpc) is 3.02. The van der Waals surface area contributed by atoms with Crippen LogP contribution < -0.4 is 15.0 Å². The molecule has 1 aliphatic heterocycles. The normalized spacial score (nSPS) is 14.0. The van der Waals surface area contributed by atoms with Gasteiger partial charge in [-0.05, 0) is 82.7 Å². The molecule has 1 amide bonds. The van der Waals surface area contributed by atoms with Crippen molar-refractivity contribution in [3.63, 3.8) is 0 Å². The molecule has 0 unspecified atom stereocenters. The number of fused-ring (bicyclic) bond motifs is 1. The fraction of sp³-hybridized carbons (Fsp3) is 0.417. The molecule has 45 heavy (non-hydrogen) atoms. The Labute approximate surface area is 266 Å². The molecule has 0 atom stereocenters. The van der Waals surface area contributed by atoms with Crippen LogP contribution in [-0.2, 0) is 17.9 Å². The molecule has 0 N–H and O–H groups in total. The van der Waals surface area contributed by atoms with Crippen molar-refractivity contribution in [2.45, 2.75) is 53.3 Å². The van der Waals surface area contributed by atoms with E-state index in [2.05, 4.69) is 35.9 Å². The first-order valence-electron chi connectivity index (χ1n) is 15.9. The van der Waals surface area contributed by atoms with Gasteiger partial charge in [0.05, 0.1) is 29.2 Å². The Morgan fingerprint density at radius 3 is 2.44 bits per heavy atom. The number of ether oxygens (including phenoxy) is 2. The van der Waals surface area contributed by atoms with Crippen LogP contribution in [0.4, 0.5) is 0 Å². The number of benzene rings is 3. The van der Waals surface area contributed by atoms with E-state index in [1.54, 1.807) is 4.57 Å². The Balaban J connectivity index is 1.40. The molecule has 9 heteroatoms. The minimum atomic E-state index is -0.120. The van der Waals surface area contributed by atoms with Crippen molar-refractivity contribution in [2.24, 2.45) is 0 Å². The SMILES string of the molecule is CCCN(C)Cc1ccc(OC(C)C)c(-n2c(CN3CCN(C(=O)COc4ccc(C)cc4)CC3)nc3ccccc3c2=O)c1. The van der Waals surface area contributed by atoms with Gasteiger partial charge in [-0.15, -0.1) is 0 Å². The Morgan fingerprint density at radius 2 is 1.73 bits per heavy atom. The van der Waals surface area contributed by atoms with Gasteiger partial charge in [0.25, 0.3) is 11.5 Å². The first-order valence-corrected chi connectivity index (χ1v) is 15.9. The number of para-hydroxylation sites is 1. The zero-order valence-corrected chi connectivity index (χ0v) is 27.2. The maximum atomic E-state index is 14.2. The molecule has 1 aliphatic rings. The maximum Gasteiger partial charge on any atom is 0.266 e. The molecule has 1 saturated heterocycles. The molecule has 0 aliphatic carbocycles. The number of aromatic nitrogens is 2. The number of hydrogen-bond acceptors (Lipinski definition) is 7. The van der Waals surface area contributed by atoms with Gasteiger partial charge in [-0.3, -0.25) is 19.1 Å². The maximum absolute atomic E-state index is 14.2. The van der Waals surface area contributed by atoms with Gasteiger partial charge in [0.15, 0.2) is 6.61 Å². The lowest BCUT2D eigenvalue weighted by Crippen LogP contribution is -2.50. The summed E-state index contributed by atoms with van der Waals surface area (Å²) in [5.74, 6) is 1.95. The van der Waals surface area contributed by atoms with Crippen LogP contribution in [0.3, 0.4) is 0 Å². The van der Waals surface area contributed by atoms with Gasteiger partial charge >= 0.3 is 0 Å². The fourth-order valence-corrected chi connectivity index (χ4v) is 5.72. The Hall–Kier alpha value is -4.21. The van der Waals surface area contributed by atoms with Crippen LogP contribution in [0, 0.1) is 6.92 Å². The van der Waals surface area contributed by atoms with Crippen molar-refractivity contribution in [3.05, 3.63) is 94.0 Å². The van der Waals surface area contributed by atoms with E-state index >= 15 is 0 Å². The summed E-state index contributed by atoms with van der Waals surface area (Å²) in [5.41, 5.74) is 3.49. The van der Waals surface area contributed by atoms with Crippen LogP contribution in [0.1, 0.15) is 44.1 Å². The van der Waals surface area contributed by atoms with E-state index in [1.807, 2.05) is 80.3 Å². The topological polar surface area (TPSA) is 80.1 Å². The van der Waals surface area contributed by atoms with Gasteiger partial charge in [-0.25, -0.2) is 4.98 Å². The lowest BCUT2D eigenvalue weighted by atomic mass is 10.1. The zero-order chi connectivity index (χ0) is 31.9. The predicted molar refractivity (Wildman–Crippen MR) is 178 cm³/mol. The molecule has 4 aromatic rings. The molecule has 2 heterocycles. The second-order valence-corrected chi connectivity index (χ2v) is 12.2. The second kappa shape index (κ2) is 14.7. The van der Waals surface area contributed by atoms with Gasteiger partial charge in [-0.1, -0.05) is 42.8 Å². The number of hydrogen-bond donors (Lipinski definition) is 0. The first kappa shape index (κ1) is 32.2. The van der Waals surface area contributed by atoms with Crippen molar-refractivity contribution in [1.29, 1.82) is 0 Å². The minimum Gasteiger partial charge on any atom is -0.489 e. The molecule has 0 bridgehead atoms. The van der Waals surface area contributed by atoms with Crippen LogP contribution in [0.2, 0.25) is 0 Å². The fourth-order valence-electron chi connectivity index (χ4n) is 5.72. The van der Waals surface area contributed by atoms with Crippen molar-refractivity contribution >= 4 is 16.8 Å². The van der Waals surface area contributed by atoms with E-state index in [1.165, 1.54) is 0 Å². The van der Waals surface area contributed by atoms with E-state index in [9.17, 15) is 9.59 Å². The third kappa shape index (κ3) is 8.09. The highest BCUT2D eigenvalue weighted by Gasteiger charge is 2.25. The van der Waals surface area contributed by atoms with Crippen LogP contribution >= 0.6 is 0 Å². The number of aryl methyl sites for hydroxylation is 1. The lowest BCUT2D eigenvalue weighted by molar-refractivity contribution is -0.135. The summed E-state index contributed by atoms with van der Waals surface area (Å²) in [6.45, 7) is 12.9. The molecule has 238 valence electrons. The Kier molecular flexibility index (Phi) is 10.5. The summed E-state index contributed by atoms with van der Waals surface area (Å²) in [6.07, 6.45) is 1.000. The van der Waals surface area contributed by atoms with E-state index < -0.39 is 0 Å². The molecule has 0 radical (unpaired) electrons. The van der Waals surface area contributed by atoms with E-state index in [0.29, 0.717) is 66.6 Å². The molecule has 1 aromatic heterocycles. The van der Waals surface area contributed by atoms with E-state index in [4.69, 9.17) is 14.5 Å².